The number of carbonyl (C=O) groups excluding carboxylic acids is 1. The Bertz CT molecular complexity index is 1020. The predicted octanol–water partition coefficient (Wildman–Crippen LogP) is 8.35. The third-order valence-corrected chi connectivity index (χ3v) is 6.18. The van der Waals surface area contributed by atoms with Crippen molar-refractivity contribution in [2.45, 2.75) is 59.3 Å². The number of carbonyl (C=O) groups is 1. The minimum atomic E-state index is -0.355. The minimum Gasteiger partial charge on any atom is -0.494 e. The molecule has 3 rings (SSSR count). The highest BCUT2D eigenvalue weighted by molar-refractivity contribution is 5.93. The Kier molecular flexibility index (Phi) is 12.7. The molecule has 0 saturated heterocycles. The van der Waals surface area contributed by atoms with Crippen molar-refractivity contribution in [3.05, 3.63) is 72.3 Å². The Balaban J connectivity index is 1.81. The van der Waals surface area contributed by atoms with Crippen molar-refractivity contribution >= 4 is 5.97 Å². The van der Waals surface area contributed by atoms with Crippen LogP contribution in [0.15, 0.2) is 66.7 Å². The highest BCUT2D eigenvalue weighted by Gasteiger charge is 2.13. The number of unbranched alkanes of at least 4 members (excludes halogenated alkanes) is 3. The topological polar surface area (TPSA) is 54.0 Å². The minimum absolute atomic E-state index is 0.232. The lowest BCUT2D eigenvalue weighted by atomic mass is 9.96. The first-order chi connectivity index (χ1) is 18.6. The van der Waals surface area contributed by atoms with E-state index >= 15 is 0 Å². The van der Waals surface area contributed by atoms with Gasteiger partial charge in [-0.3, -0.25) is 0 Å². The van der Waals surface area contributed by atoms with E-state index in [1.807, 2.05) is 60.7 Å². The maximum atomic E-state index is 13.0. The van der Waals surface area contributed by atoms with Crippen LogP contribution in [0.2, 0.25) is 0 Å². The van der Waals surface area contributed by atoms with Crippen LogP contribution in [-0.4, -0.2) is 39.0 Å². The van der Waals surface area contributed by atoms with Gasteiger partial charge in [0.15, 0.2) is 0 Å². The van der Waals surface area contributed by atoms with Crippen molar-refractivity contribution < 1.29 is 23.7 Å². The average molecular weight is 519 g/mol. The maximum absolute atomic E-state index is 13.0. The fourth-order valence-electron chi connectivity index (χ4n) is 3.86. The molecule has 3 aromatic carbocycles. The van der Waals surface area contributed by atoms with Crippen molar-refractivity contribution in [3.8, 4) is 33.8 Å². The summed E-state index contributed by atoms with van der Waals surface area (Å²) in [5, 5.41) is 0. The molecule has 0 aromatic heterocycles. The van der Waals surface area contributed by atoms with Crippen molar-refractivity contribution in [2.24, 2.45) is 0 Å². The molecule has 3 aromatic rings. The molecule has 0 aliphatic heterocycles. The molecule has 0 amide bonds. The summed E-state index contributed by atoms with van der Waals surface area (Å²) in [6.07, 6.45) is 6.33. The summed E-state index contributed by atoms with van der Waals surface area (Å²) in [5.74, 6) is 1.34. The fourth-order valence-corrected chi connectivity index (χ4v) is 3.86. The molecule has 0 fully saturated rings. The van der Waals surface area contributed by atoms with Gasteiger partial charge in [0.25, 0.3) is 0 Å². The fraction of sp³-hybridized carbons (Fsp3) is 0.424. The van der Waals surface area contributed by atoms with Crippen LogP contribution in [0, 0.1) is 0 Å². The van der Waals surface area contributed by atoms with Crippen LogP contribution in [0.4, 0.5) is 0 Å². The third kappa shape index (κ3) is 9.53. The second-order valence-electron chi connectivity index (χ2n) is 9.35. The lowest BCUT2D eigenvalue weighted by Gasteiger charge is -2.12. The van der Waals surface area contributed by atoms with Crippen LogP contribution in [0.25, 0.3) is 22.3 Å². The Labute approximate surface area is 228 Å². The molecule has 5 heteroatoms. The van der Waals surface area contributed by atoms with Crippen molar-refractivity contribution in [1.82, 2.24) is 0 Å². The van der Waals surface area contributed by atoms with E-state index in [0.717, 1.165) is 72.3 Å². The Hall–Kier alpha value is -3.31. The summed E-state index contributed by atoms with van der Waals surface area (Å²) >= 11 is 0. The molecule has 0 spiro atoms. The van der Waals surface area contributed by atoms with Gasteiger partial charge in [-0.25, -0.2) is 4.79 Å². The van der Waals surface area contributed by atoms with Gasteiger partial charge in [0.2, 0.25) is 0 Å². The molecule has 0 heterocycles. The molecule has 0 saturated carbocycles. The van der Waals surface area contributed by atoms with Crippen LogP contribution in [0.3, 0.4) is 0 Å². The molecule has 0 N–H and O–H groups in total. The van der Waals surface area contributed by atoms with Crippen LogP contribution >= 0.6 is 0 Å². The van der Waals surface area contributed by atoms with Gasteiger partial charge >= 0.3 is 5.97 Å². The lowest BCUT2D eigenvalue weighted by molar-refractivity contribution is 0.0314. The van der Waals surface area contributed by atoms with E-state index < -0.39 is 0 Å². The van der Waals surface area contributed by atoms with E-state index in [4.69, 9.17) is 18.9 Å². The second kappa shape index (κ2) is 16.5. The zero-order chi connectivity index (χ0) is 27.0. The van der Waals surface area contributed by atoms with Gasteiger partial charge in [0.1, 0.15) is 18.1 Å². The van der Waals surface area contributed by atoms with Crippen LogP contribution < -0.4 is 9.47 Å². The molecule has 0 bridgehead atoms. The number of ether oxygens (including phenoxy) is 4. The maximum Gasteiger partial charge on any atom is 0.338 e. The normalized spacial score (nSPS) is 10.8. The van der Waals surface area contributed by atoms with Crippen molar-refractivity contribution in [1.29, 1.82) is 0 Å². The summed E-state index contributed by atoms with van der Waals surface area (Å²) in [7, 11) is 0. The van der Waals surface area contributed by atoms with E-state index in [1.54, 1.807) is 0 Å². The zero-order valence-electron chi connectivity index (χ0n) is 23.2. The Morgan fingerprint density at radius 2 is 1.03 bits per heavy atom. The molecule has 0 aliphatic rings. The standard InChI is InChI=1S/C33H42O5/c1-4-7-18-35-21-22-38-33(34)30-24-28(26-10-14-31(15-11-26)36-19-8-5-2)23-29(25-30)27-12-16-32(17-13-27)37-20-9-6-3/h10-17,23-25H,4-9,18-22H2,1-3H3. The van der Waals surface area contributed by atoms with Crippen molar-refractivity contribution in [2.75, 3.05) is 33.0 Å². The average Bonchev–Trinajstić information content (AvgIpc) is 2.95. The molecule has 0 aliphatic carbocycles. The molecule has 5 nitrogen and oxygen atoms in total. The van der Waals surface area contributed by atoms with E-state index in [0.29, 0.717) is 32.0 Å². The van der Waals surface area contributed by atoms with E-state index in [1.165, 1.54) is 0 Å². The van der Waals surface area contributed by atoms with Gasteiger partial charge in [-0.2, -0.15) is 0 Å². The third-order valence-electron chi connectivity index (χ3n) is 6.18. The molecular formula is C33H42O5. The van der Waals surface area contributed by atoms with E-state index in [2.05, 4.69) is 26.8 Å². The van der Waals surface area contributed by atoms with Gasteiger partial charge in [-0.05, 0) is 84.0 Å². The van der Waals surface area contributed by atoms with Crippen LogP contribution in [0.5, 0.6) is 11.5 Å². The summed E-state index contributed by atoms with van der Waals surface area (Å²) < 4.78 is 22.7. The molecule has 0 radical (unpaired) electrons. The first-order valence-electron chi connectivity index (χ1n) is 14.0. The van der Waals surface area contributed by atoms with Gasteiger partial charge in [-0.15, -0.1) is 0 Å². The van der Waals surface area contributed by atoms with Gasteiger partial charge < -0.3 is 18.9 Å². The van der Waals surface area contributed by atoms with Crippen LogP contribution in [-0.2, 0) is 9.47 Å². The number of esters is 1. The first kappa shape index (κ1) is 29.2. The Morgan fingerprint density at radius 1 is 0.553 bits per heavy atom. The predicted molar refractivity (Wildman–Crippen MR) is 154 cm³/mol. The molecule has 0 atom stereocenters. The SMILES string of the molecule is CCCCOCCOC(=O)c1cc(-c2ccc(OCCCC)cc2)cc(-c2ccc(OCCCC)cc2)c1. The summed E-state index contributed by atoms with van der Waals surface area (Å²) in [5.41, 5.74) is 4.41. The second-order valence-corrected chi connectivity index (χ2v) is 9.35. The van der Waals surface area contributed by atoms with E-state index in [-0.39, 0.29) is 12.6 Å². The van der Waals surface area contributed by atoms with E-state index in [9.17, 15) is 4.79 Å². The van der Waals surface area contributed by atoms with Gasteiger partial charge in [0.05, 0.1) is 25.4 Å². The Morgan fingerprint density at radius 3 is 1.50 bits per heavy atom. The summed E-state index contributed by atoms with van der Waals surface area (Å²) in [4.78, 5) is 13.0. The van der Waals surface area contributed by atoms with Gasteiger partial charge in [-0.1, -0.05) is 64.3 Å². The number of rotatable bonds is 17. The van der Waals surface area contributed by atoms with Gasteiger partial charge in [0, 0.05) is 6.61 Å². The highest BCUT2D eigenvalue weighted by Crippen LogP contribution is 2.31. The smallest absolute Gasteiger partial charge is 0.338 e. The van der Waals surface area contributed by atoms with Crippen molar-refractivity contribution in [3.63, 3.8) is 0 Å². The zero-order valence-corrected chi connectivity index (χ0v) is 23.2. The monoisotopic (exact) mass is 518 g/mol. The summed E-state index contributed by atoms with van der Waals surface area (Å²) in [6.45, 7) is 9.15. The molecule has 38 heavy (non-hydrogen) atoms. The largest absolute Gasteiger partial charge is 0.494 e. The first-order valence-corrected chi connectivity index (χ1v) is 14.0. The molecular weight excluding hydrogens is 476 g/mol. The lowest BCUT2D eigenvalue weighted by Crippen LogP contribution is -2.11. The number of benzene rings is 3. The highest BCUT2D eigenvalue weighted by atomic mass is 16.6. The summed E-state index contributed by atoms with van der Waals surface area (Å²) in [6, 6.07) is 21.9. The number of hydrogen-bond donors (Lipinski definition) is 0. The van der Waals surface area contributed by atoms with Crippen LogP contribution in [0.1, 0.15) is 69.7 Å². The molecule has 0 unspecified atom stereocenters. The quantitative estimate of drug-likeness (QED) is 0.133. The molecule has 204 valence electrons. The number of hydrogen-bond acceptors (Lipinski definition) is 5.